The number of piperidine rings is 1. The molecule has 0 aromatic heterocycles. The smallest absolute Gasteiger partial charge is 0.255 e. The van der Waals surface area contributed by atoms with Gasteiger partial charge in [-0.15, -0.1) is 0 Å². The Morgan fingerprint density at radius 2 is 2.04 bits per heavy atom. The molecule has 0 radical (unpaired) electrons. The van der Waals surface area contributed by atoms with Crippen LogP contribution in [0.4, 0.5) is 0 Å². The zero-order chi connectivity index (χ0) is 16.7. The van der Waals surface area contributed by atoms with Gasteiger partial charge in [-0.2, -0.15) is 0 Å². The van der Waals surface area contributed by atoms with E-state index < -0.39 is 5.60 Å². The molecule has 1 heterocycles. The number of rotatable bonds is 8. The fraction of sp³-hybridized carbons (Fsp3) is 0.611. The predicted octanol–water partition coefficient (Wildman–Crippen LogP) is 0.897. The quantitative estimate of drug-likeness (QED) is 0.747. The Hall–Kier alpha value is -1.43. The SMILES string of the molecule is CN(CCO)C[C@]1(O)CCCN(CCCc2ccccc2)C1=O. The van der Waals surface area contributed by atoms with Crippen molar-refractivity contribution in [3.05, 3.63) is 35.9 Å². The molecule has 5 heteroatoms. The number of aliphatic hydroxyl groups excluding tert-OH is 1. The molecule has 0 bridgehead atoms. The molecule has 1 atom stereocenters. The van der Waals surface area contributed by atoms with E-state index >= 15 is 0 Å². The zero-order valence-electron chi connectivity index (χ0n) is 13.9. The molecule has 2 rings (SSSR count). The summed E-state index contributed by atoms with van der Waals surface area (Å²) in [5.74, 6) is -0.165. The van der Waals surface area contributed by atoms with Crippen LogP contribution < -0.4 is 0 Å². The highest BCUT2D eigenvalue weighted by molar-refractivity contribution is 5.86. The number of aryl methyl sites for hydroxylation is 1. The van der Waals surface area contributed by atoms with Crippen LogP contribution in [-0.4, -0.2) is 71.4 Å². The number of benzene rings is 1. The van der Waals surface area contributed by atoms with Gasteiger partial charge in [0, 0.05) is 26.2 Å². The first-order valence-electron chi connectivity index (χ1n) is 8.40. The number of aliphatic hydroxyl groups is 2. The topological polar surface area (TPSA) is 64.0 Å². The Labute approximate surface area is 138 Å². The van der Waals surface area contributed by atoms with Gasteiger partial charge in [0.15, 0.2) is 5.60 Å². The van der Waals surface area contributed by atoms with Crippen LogP contribution in [0.3, 0.4) is 0 Å². The number of carbonyl (C=O) groups excluding carboxylic acids is 1. The summed E-state index contributed by atoms with van der Waals surface area (Å²) in [4.78, 5) is 16.2. The first-order valence-corrected chi connectivity index (χ1v) is 8.40. The Morgan fingerprint density at radius 3 is 2.74 bits per heavy atom. The minimum Gasteiger partial charge on any atom is -0.395 e. The molecule has 1 aromatic rings. The fourth-order valence-corrected chi connectivity index (χ4v) is 3.24. The van der Waals surface area contributed by atoms with Crippen LogP contribution in [0.25, 0.3) is 0 Å². The third-order valence-electron chi connectivity index (χ3n) is 4.45. The lowest BCUT2D eigenvalue weighted by atomic mass is 9.91. The van der Waals surface area contributed by atoms with Crippen molar-refractivity contribution >= 4 is 5.91 Å². The summed E-state index contributed by atoms with van der Waals surface area (Å²) >= 11 is 0. The maximum atomic E-state index is 12.6. The van der Waals surface area contributed by atoms with E-state index in [-0.39, 0.29) is 19.1 Å². The van der Waals surface area contributed by atoms with Gasteiger partial charge in [0.2, 0.25) is 0 Å². The van der Waals surface area contributed by atoms with Gasteiger partial charge in [-0.25, -0.2) is 0 Å². The van der Waals surface area contributed by atoms with Crippen LogP contribution in [0.5, 0.6) is 0 Å². The molecule has 1 aliphatic heterocycles. The maximum absolute atomic E-state index is 12.6. The molecular weight excluding hydrogens is 292 g/mol. The molecule has 1 saturated heterocycles. The molecule has 0 unspecified atom stereocenters. The molecule has 1 aromatic carbocycles. The van der Waals surface area contributed by atoms with E-state index in [1.807, 2.05) is 30.1 Å². The highest BCUT2D eigenvalue weighted by Gasteiger charge is 2.42. The monoisotopic (exact) mass is 320 g/mol. The molecule has 128 valence electrons. The van der Waals surface area contributed by atoms with E-state index in [2.05, 4.69) is 12.1 Å². The number of nitrogens with zero attached hydrogens (tertiary/aromatic N) is 2. The van der Waals surface area contributed by atoms with Crippen LogP contribution in [0.15, 0.2) is 30.3 Å². The zero-order valence-corrected chi connectivity index (χ0v) is 13.9. The highest BCUT2D eigenvalue weighted by Crippen LogP contribution is 2.24. The summed E-state index contributed by atoms with van der Waals surface area (Å²) in [6.07, 6.45) is 3.16. The Bertz CT molecular complexity index is 494. The van der Waals surface area contributed by atoms with Gasteiger partial charge in [-0.05, 0) is 38.3 Å². The lowest BCUT2D eigenvalue weighted by Gasteiger charge is -2.40. The van der Waals surface area contributed by atoms with Gasteiger partial charge in [0.25, 0.3) is 5.91 Å². The summed E-state index contributed by atoms with van der Waals surface area (Å²) in [6.45, 7) is 2.17. The van der Waals surface area contributed by atoms with E-state index in [0.29, 0.717) is 19.5 Å². The summed E-state index contributed by atoms with van der Waals surface area (Å²) < 4.78 is 0. The Kier molecular flexibility index (Phi) is 6.57. The molecular formula is C18H28N2O3. The standard InChI is InChI=1S/C18H28N2O3/c1-19(13-14-21)15-18(23)10-6-12-20(17(18)22)11-5-9-16-7-3-2-4-8-16/h2-4,7-8,21,23H,5-6,9-15H2,1H3/t18-/m1/s1. The Morgan fingerprint density at radius 1 is 1.30 bits per heavy atom. The van der Waals surface area contributed by atoms with Crippen molar-refractivity contribution in [3.63, 3.8) is 0 Å². The van der Waals surface area contributed by atoms with Crippen molar-refractivity contribution < 1.29 is 15.0 Å². The number of hydrogen-bond donors (Lipinski definition) is 2. The Balaban J connectivity index is 1.86. The van der Waals surface area contributed by atoms with Crippen LogP contribution in [0.2, 0.25) is 0 Å². The molecule has 1 amide bonds. The average Bonchev–Trinajstić information content (AvgIpc) is 2.53. The van der Waals surface area contributed by atoms with E-state index in [4.69, 9.17) is 5.11 Å². The van der Waals surface area contributed by atoms with Gasteiger partial charge >= 0.3 is 0 Å². The molecule has 0 aliphatic carbocycles. The number of likely N-dealkylation sites (tertiary alicyclic amines) is 1. The van der Waals surface area contributed by atoms with Crippen molar-refractivity contribution in [1.29, 1.82) is 0 Å². The van der Waals surface area contributed by atoms with Crippen molar-refractivity contribution in [2.24, 2.45) is 0 Å². The van der Waals surface area contributed by atoms with E-state index in [1.54, 1.807) is 4.90 Å². The number of amides is 1. The van der Waals surface area contributed by atoms with Gasteiger partial charge in [0.05, 0.1) is 6.61 Å². The highest BCUT2D eigenvalue weighted by atomic mass is 16.3. The number of carbonyl (C=O) groups is 1. The molecule has 2 N–H and O–H groups in total. The minimum absolute atomic E-state index is 0.0293. The maximum Gasteiger partial charge on any atom is 0.255 e. The molecule has 0 saturated carbocycles. The van der Waals surface area contributed by atoms with E-state index in [0.717, 1.165) is 25.8 Å². The lowest BCUT2D eigenvalue weighted by Crippen LogP contribution is -2.58. The summed E-state index contributed by atoms with van der Waals surface area (Å²) in [5.41, 5.74) is -0.0375. The molecule has 1 fully saturated rings. The van der Waals surface area contributed by atoms with E-state index in [9.17, 15) is 9.90 Å². The largest absolute Gasteiger partial charge is 0.395 e. The van der Waals surface area contributed by atoms with Crippen molar-refractivity contribution in [2.45, 2.75) is 31.3 Å². The van der Waals surface area contributed by atoms with Crippen molar-refractivity contribution in [1.82, 2.24) is 9.80 Å². The molecule has 5 nitrogen and oxygen atoms in total. The number of hydrogen-bond acceptors (Lipinski definition) is 4. The molecule has 23 heavy (non-hydrogen) atoms. The summed E-state index contributed by atoms with van der Waals surface area (Å²) in [6, 6.07) is 10.2. The van der Waals surface area contributed by atoms with Gasteiger partial charge in [0.1, 0.15) is 0 Å². The fourth-order valence-electron chi connectivity index (χ4n) is 3.24. The molecule has 1 aliphatic rings. The second-order valence-electron chi connectivity index (χ2n) is 6.48. The summed E-state index contributed by atoms with van der Waals surface area (Å²) in [5, 5.41) is 19.7. The van der Waals surface area contributed by atoms with Crippen LogP contribution in [0.1, 0.15) is 24.8 Å². The van der Waals surface area contributed by atoms with Gasteiger partial charge < -0.3 is 20.0 Å². The molecule has 0 spiro atoms. The van der Waals surface area contributed by atoms with Crippen LogP contribution in [0, 0.1) is 0 Å². The normalized spacial score (nSPS) is 21.9. The third-order valence-corrected chi connectivity index (χ3v) is 4.45. The predicted molar refractivity (Wildman–Crippen MR) is 90.1 cm³/mol. The van der Waals surface area contributed by atoms with E-state index in [1.165, 1.54) is 5.56 Å². The first-order chi connectivity index (χ1) is 11.0. The van der Waals surface area contributed by atoms with Crippen LogP contribution in [-0.2, 0) is 11.2 Å². The summed E-state index contributed by atoms with van der Waals surface area (Å²) in [7, 11) is 1.82. The average molecular weight is 320 g/mol. The number of likely N-dealkylation sites (N-methyl/N-ethyl adjacent to an activating group) is 1. The third kappa shape index (κ3) is 5.03. The minimum atomic E-state index is -1.31. The van der Waals surface area contributed by atoms with Gasteiger partial charge in [-0.1, -0.05) is 30.3 Å². The second kappa shape index (κ2) is 8.43. The van der Waals surface area contributed by atoms with Crippen molar-refractivity contribution in [2.75, 3.05) is 39.8 Å². The van der Waals surface area contributed by atoms with Crippen LogP contribution >= 0.6 is 0 Å². The second-order valence-corrected chi connectivity index (χ2v) is 6.48. The van der Waals surface area contributed by atoms with Gasteiger partial charge in [-0.3, -0.25) is 4.79 Å². The lowest BCUT2D eigenvalue weighted by molar-refractivity contribution is -0.159. The first kappa shape index (κ1) is 17.9. The van der Waals surface area contributed by atoms with Crippen molar-refractivity contribution in [3.8, 4) is 0 Å².